The molecule has 0 aliphatic rings. The molecule has 0 saturated carbocycles. The van der Waals surface area contributed by atoms with E-state index in [-0.39, 0.29) is 0 Å². The SMILES string of the molecule is COc1cccc(/C=C/C(C)O)c1OC. The van der Waals surface area contributed by atoms with Crippen LogP contribution in [0.4, 0.5) is 0 Å². The Balaban J connectivity index is 3.06. The first-order chi connectivity index (χ1) is 7.19. The van der Waals surface area contributed by atoms with Gasteiger partial charge < -0.3 is 14.6 Å². The van der Waals surface area contributed by atoms with Crippen molar-refractivity contribution in [2.45, 2.75) is 13.0 Å². The van der Waals surface area contributed by atoms with Crippen molar-refractivity contribution >= 4 is 6.08 Å². The fourth-order valence-electron chi connectivity index (χ4n) is 1.29. The number of aliphatic hydroxyl groups excluding tert-OH is 1. The van der Waals surface area contributed by atoms with Gasteiger partial charge >= 0.3 is 0 Å². The summed E-state index contributed by atoms with van der Waals surface area (Å²) >= 11 is 0. The summed E-state index contributed by atoms with van der Waals surface area (Å²) in [5.41, 5.74) is 0.887. The minimum absolute atomic E-state index is 0.471. The molecule has 0 amide bonds. The molecule has 82 valence electrons. The van der Waals surface area contributed by atoms with Crippen LogP contribution in [-0.4, -0.2) is 25.4 Å². The molecule has 1 aromatic rings. The molecule has 1 N–H and O–H groups in total. The minimum atomic E-state index is -0.471. The number of hydrogen-bond acceptors (Lipinski definition) is 3. The second kappa shape index (κ2) is 5.41. The number of methoxy groups -OCH3 is 2. The van der Waals surface area contributed by atoms with Gasteiger partial charge in [-0.1, -0.05) is 24.3 Å². The molecule has 0 aliphatic carbocycles. The number of hydrogen-bond donors (Lipinski definition) is 1. The Morgan fingerprint density at radius 3 is 2.53 bits per heavy atom. The summed E-state index contributed by atoms with van der Waals surface area (Å²) in [7, 11) is 3.19. The van der Waals surface area contributed by atoms with E-state index >= 15 is 0 Å². The van der Waals surface area contributed by atoms with E-state index in [1.54, 1.807) is 27.2 Å². The second-order valence-electron chi connectivity index (χ2n) is 3.18. The largest absolute Gasteiger partial charge is 0.493 e. The zero-order valence-electron chi connectivity index (χ0n) is 9.23. The van der Waals surface area contributed by atoms with E-state index in [2.05, 4.69) is 0 Å². The quantitative estimate of drug-likeness (QED) is 0.823. The van der Waals surface area contributed by atoms with Crippen molar-refractivity contribution in [3.8, 4) is 11.5 Å². The Bertz CT molecular complexity index is 343. The van der Waals surface area contributed by atoms with Crippen LogP contribution in [0.5, 0.6) is 11.5 Å². The van der Waals surface area contributed by atoms with Crippen molar-refractivity contribution < 1.29 is 14.6 Å². The van der Waals surface area contributed by atoms with E-state index in [1.807, 2.05) is 24.3 Å². The van der Waals surface area contributed by atoms with E-state index < -0.39 is 6.10 Å². The summed E-state index contributed by atoms with van der Waals surface area (Å²) in [4.78, 5) is 0. The molecule has 15 heavy (non-hydrogen) atoms. The standard InChI is InChI=1S/C12H16O3/c1-9(13)7-8-10-5-4-6-11(14-2)12(10)15-3/h4-9,13H,1-3H3/b8-7+. The topological polar surface area (TPSA) is 38.7 Å². The van der Waals surface area contributed by atoms with Crippen molar-refractivity contribution in [2.75, 3.05) is 14.2 Å². The Labute approximate surface area is 90.0 Å². The zero-order chi connectivity index (χ0) is 11.3. The Kier molecular flexibility index (Phi) is 4.18. The molecule has 0 aromatic heterocycles. The minimum Gasteiger partial charge on any atom is -0.493 e. The van der Waals surface area contributed by atoms with E-state index in [4.69, 9.17) is 14.6 Å². The molecule has 3 heteroatoms. The fraction of sp³-hybridized carbons (Fsp3) is 0.333. The van der Waals surface area contributed by atoms with Crippen molar-refractivity contribution in [2.24, 2.45) is 0 Å². The lowest BCUT2D eigenvalue weighted by Gasteiger charge is -2.09. The van der Waals surface area contributed by atoms with E-state index in [0.717, 1.165) is 5.56 Å². The summed E-state index contributed by atoms with van der Waals surface area (Å²) in [5.74, 6) is 1.36. The van der Waals surface area contributed by atoms with Crippen LogP contribution < -0.4 is 9.47 Å². The van der Waals surface area contributed by atoms with Gasteiger partial charge in [0, 0.05) is 5.56 Å². The highest BCUT2D eigenvalue weighted by Gasteiger charge is 2.06. The maximum atomic E-state index is 9.14. The molecule has 1 atom stereocenters. The van der Waals surface area contributed by atoms with E-state index in [1.165, 1.54) is 0 Å². The molecule has 1 rings (SSSR count). The number of para-hydroxylation sites is 1. The van der Waals surface area contributed by atoms with Gasteiger partial charge in [-0.15, -0.1) is 0 Å². The van der Waals surface area contributed by atoms with Gasteiger partial charge in [-0.05, 0) is 13.0 Å². The molecule has 0 heterocycles. The summed E-state index contributed by atoms with van der Waals surface area (Å²) in [6, 6.07) is 5.61. The average Bonchev–Trinajstić information content (AvgIpc) is 2.25. The Morgan fingerprint density at radius 2 is 2.00 bits per heavy atom. The highest BCUT2D eigenvalue weighted by atomic mass is 16.5. The molecule has 0 fully saturated rings. The van der Waals surface area contributed by atoms with Gasteiger partial charge in [0.05, 0.1) is 20.3 Å². The maximum absolute atomic E-state index is 9.14. The summed E-state index contributed by atoms with van der Waals surface area (Å²) in [5, 5.41) is 9.14. The predicted octanol–water partition coefficient (Wildman–Crippen LogP) is 2.10. The fourth-order valence-corrected chi connectivity index (χ4v) is 1.29. The van der Waals surface area contributed by atoms with Crippen LogP contribution in [0.2, 0.25) is 0 Å². The number of benzene rings is 1. The first-order valence-corrected chi connectivity index (χ1v) is 4.76. The van der Waals surface area contributed by atoms with Crippen LogP contribution in [0.1, 0.15) is 12.5 Å². The summed E-state index contributed by atoms with van der Waals surface area (Å²) in [6.07, 6.45) is 3.03. The summed E-state index contributed by atoms with van der Waals surface area (Å²) < 4.78 is 10.4. The molecule has 1 aromatic carbocycles. The van der Waals surface area contributed by atoms with E-state index in [0.29, 0.717) is 11.5 Å². The molecule has 0 aliphatic heterocycles. The number of rotatable bonds is 4. The van der Waals surface area contributed by atoms with E-state index in [9.17, 15) is 0 Å². The van der Waals surface area contributed by atoms with Crippen LogP contribution in [0.25, 0.3) is 6.08 Å². The highest BCUT2D eigenvalue weighted by Crippen LogP contribution is 2.31. The van der Waals surface area contributed by atoms with Crippen LogP contribution in [0.15, 0.2) is 24.3 Å². The molecular formula is C12H16O3. The van der Waals surface area contributed by atoms with Gasteiger partial charge in [-0.2, -0.15) is 0 Å². The zero-order valence-corrected chi connectivity index (χ0v) is 9.23. The van der Waals surface area contributed by atoms with Crippen LogP contribution in [0.3, 0.4) is 0 Å². The first kappa shape index (κ1) is 11.6. The monoisotopic (exact) mass is 208 g/mol. The van der Waals surface area contributed by atoms with Crippen LogP contribution >= 0.6 is 0 Å². The smallest absolute Gasteiger partial charge is 0.167 e. The first-order valence-electron chi connectivity index (χ1n) is 4.76. The van der Waals surface area contributed by atoms with Gasteiger partial charge in [-0.25, -0.2) is 0 Å². The predicted molar refractivity (Wildman–Crippen MR) is 60.3 cm³/mol. The highest BCUT2D eigenvalue weighted by molar-refractivity contribution is 5.62. The lowest BCUT2D eigenvalue weighted by atomic mass is 10.1. The van der Waals surface area contributed by atoms with Crippen molar-refractivity contribution in [1.82, 2.24) is 0 Å². The third-order valence-corrected chi connectivity index (χ3v) is 1.99. The number of aliphatic hydroxyl groups is 1. The molecule has 3 nitrogen and oxygen atoms in total. The average molecular weight is 208 g/mol. The van der Waals surface area contributed by atoms with Gasteiger partial charge in [-0.3, -0.25) is 0 Å². The van der Waals surface area contributed by atoms with Gasteiger partial charge in [0.25, 0.3) is 0 Å². The molecule has 1 unspecified atom stereocenters. The third-order valence-electron chi connectivity index (χ3n) is 1.99. The lowest BCUT2D eigenvalue weighted by molar-refractivity contribution is 0.245. The Morgan fingerprint density at radius 1 is 1.27 bits per heavy atom. The molecular weight excluding hydrogens is 192 g/mol. The molecule has 0 saturated heterocycles. The van der Waals surface area contributed by atoms with Crippen molar-refractivity contribution in [3.63, 3.8) is 0 Å². The maximum Gasteiger partial charge on any atom is 0.167 e. The lowest BCUT2D eigenvalue weighted by Crippen LogP contribution is -1.94. The van der Waals surface area contributed by atoms with Crippen molar-refractivity contribution in [3.05, 3.63) is 29.8 Å². The molecule has 0 radical (unpaired) electrons. The second-order valence-corrected chi connectivity index (χ2v) is 3.18. The third kappa shape index (κ3) is 2.99. The van der Waals surface area contributed by atoms with Crippen molar-refractivity contribution in [1.29, 1.82) is 0 Å². The number of ether oxygens (including phenoxy) is 2. The summed E-state index contributed by atoms with van der Waals surface area (Å²) in [6.45, 7) is 1.70. The molecule has 0 spiro atoms. The normalized spacial score (nSPS) is 12.8. The van der Waals surface area contributed by atoms with Gasteiger partial charge in [0.2, 0.25) is 0 Å². The molecule has 0 bridgehead atoms. The van der Waals surface area contributed by atoms with Gasteiger partial charge in [0.1, 0.15) is 0 Å². The Hall–Kier alpha value is -1.48. The van der Waals surface area contributed by atoms with Crippen LogP contribution in [0, 0.1) is 0 Å². The van der Waals surface area contributed by atoms with Crippen LogP contribution in [-0.2, 0) is 0 Å². The van der Waals surface area contributed by atoms with Gasteiger partial charge in [0.15, 0.2) is 11.5 Å².